The number of benzene rings is 1. The van der Waals surface area contributed by atoms with E-state index in [9.17, 15) is 0 Å². The molecule has 1 N–H and O–H groups in total. The van der Waals surface area contributed by atoms with Crippen molar-refractivity contribution >= 4 is 11.9 Å². The van der Waals surface area contributed by atoms with Crippen LogP contribution in [0.4, 0.5) is 5.69 Å². The Balaban J connectivity index is 2.01. The van der Waals surface area contributed by atoms with Gasteiger partial charge in [-0.05, 0) is 6.07 Å². The van der Waals surface area contributed by atoms with Gasteiger partial charge < -0.3 is 10.3 Å². The second kappa shape index (κ2) is 4.23. The Kier molecular flexibility index (Phi) is 2.60. The Bertz CT molecular complexity index is 402. The van der Waals surface area contributed by atoms with Crippen molar-refractivity contribution in [2.24, 2.45) is 4.99 Å². The lowest BCUT2D eigenvalue weighted by molar-refractivity contribution is 0.279. The average molecular weight is 216 g/mol. The summed E-state index contributed by atoms with van der Waals surface area (Å²) in [6.45, 7) is 4.86. The minimum atomic E-state index is 0.760. The molecule has 0 radical (unpaired) electrons. The van der Waals surface area contributed by atoms with E-state index in [1.54, 1.807) is 0 Å². The van der Waals surface area contributed by atoms with E-state index in [0.29, 0.717) is 0 Å². The van der Waals surface area contributed by atoms with Crippen LogP contribution in [0.1, 0.15) is 5.56 Å². The first-order valence-electron chi connectivity index (χ1n) is 5.77. The summed E-state index contributed by atoms with van der Waals surface area (Å²) in [5.74, 6) is 0. The third kappa shape index (κ3) is 1.70. The number of rotatable bonds is 0. The number of fused-ring (bicyclic) bond motifs is 3. The first-order valence-corrected chi connectivity index (χ1v) is 5.77. The topological polar surface area (TPSA) is 30.9 Å². The smallest absolute Gasteiger partial charge is 0.109 e. The predicted octanol–water partition coefficient (Wildman–Crippen LogP) is 0.703. The first kappa shape index (κ1) is 9.81. The van der Waals surface area contributed by atoms with Crippen LogP contribution in [0.25, 0.3) is 0 Å². The summed E-state index contributed by atoms with van der Waals surface area (Å²) in [6, 6.07) is 8.46. The van der Waals surface area contributed by atoms with Gasteiger partial charge in [0.15, 0.2) is 0 Å². The van der Waals surface area contributed by atoms with Gasteiger partial charge in [-0.3, -0.25) is 4.99 Å². The summed E-state index contributed by atoms with van der Waals surface area (Å²) in [5, 5.41) is 8.08. The van der Waals surface area contributed by atoms with E-state index in [2.05, 4.69) is 44.6 Å². The Morgan fingerprint density at radius 1 is 1.12 bits per heavy atom. The van der Waals surface area contributed by atoms with Crippen molar-refractivity contribution in [1.82, 2.24) is 10.3 Å². The van der Waals surface area contributed by atoms with Gasteiger partial charge in [0.2, 0.25) is 0 Å². The number of aliphatic imine (C=N–C) groups is 1. The molecule has 0 saturated carbocycles. The lowest BCUT2D eigenvalue weighted by Crippen LogP contribution is -2.43. The molecule has 2 aliphatic rings. The van der Waals surface area contributed by atoms with E-state index in [1.807, 2.05) is 6.21 Å². The quantitative estimate of drug-likeness (QED) is 0.692. The highest BCUT2D eigenvalue weighted by molar-refractivity contribution is 5.88. The molecule has 3 rings (SSSR count). The summed E-state index contributed by atoms with van der Waals surface area (Å²) >= 11 is 0. The normalized spacial score (nSPS) is 20.9. The van der Waals surface area contributed by atoms with Gasteiger partial charge in [-0.15, -0.1) is 0 Å². The van der Waals surface area contributed by atoms with E-state index in [4.69, 9.17) is 0 Å². The molecular formula is C12H16N4. The number of anilines is 1. The number of hydrogen-bond acceptors (Lipinski definition) is 4. The molecule has 1 aromatic rings. The Morgan fingerprint density at radius 2 is 2.00 bits per heavy atom. The molecule has 84 valence electrons. The molecule has 0 atom stereocenters. The van der Waals surface area contributed by atoms with Crippen molar-refractivity contribution in [3.8, 4) is 0 Å². The van der Waals surface area contributed by atoms with E-state index >= 15 is 0 Å². The lowest BCUT2D eigenvalue weighted by Gasteiger charge is -2.32. The first-order chi connectivity index (χ1) is 7.95. The van der Waals surface area contributed by atoms with Gasteiger partial charge in [0.1, 0.15) is 6.67 Å². The monoisotopic (exact) mass is 216 g/mol. The van der Waals surface area contributed by atoms with Gasteiger partial charge in [0.05, 0.1) is 5.69 Å². The third-order valence-corrected chi connectivity index (χ3v) is 3.08. The fourth-order valence-electron chi connectivity index (χ4n) is 2.27. The maximum atomic E-state index is 4.47. The SMILES string of the molecule is C1=NCN2CCNCCN2c2ccccc21. The van der Waals surface area contributed by atoms with Crippen molar-refractivity contribution < 1.29 is 0 Å². The predicted molar refractivity (Wildman–Crippen MR) is 65.8 cm³/mol. The number of para-hydroxylation sites is 1. The average Bonchev–Trinajstić information content (AvgIpc) is 2.62. The molecule has 4 heteroatoms. The van der Waals surface area contributed by atoms with Gasteiger partial charge in [0.25, 0.3) is 0 Å². The summed E-state index contributed by atoms with van der Waals surface area (Å²) in [5.41, 5.74) is 2.49. The Hall–Kier alpha value is -1.39. The Labute approximate surface area is 95.5 Å². The molecule has 2 heterocycles. The molecule has 1 aromatic carbocycles. The second-order valence-electron chi connectivity index (χ2n) is 4.12. The van der Waals surface area contributed by atoms with Crippen molar-refractivity contribution in [3.63, 3.8) is 0 Å². The van der Waals surface area contributed by atoms with Crippen LogP contribution in [0.3, 0.4) is 0 Å². The highest BCUT2D eigenvalue weighted by Crippen LogP contribution is 2.23. The van der Waals surface area contributed by atoms with E-state index in [-0.39, 0.29) is 0 Å². The molecule has 4 nitrogen and oxygen atoms in total. The lowest BCUT2D eigenvalue weighted by atomic mass is 10.2. The zero-order valence-electron chi connectivity index (χ0n) is 9.26. The van der Waals surface area contributed by atoms with E-state index in [0.717, 1.165) is 32.8 Å². The minimum absolute atomic E-state index is 0.760. The second-order valence-corrected chi connectivity index (χ2v) is 4.12. The molecule has 16 heavy (non-hydrogen) atoms. The van der Waals surface area contributed by atoms with Crippen LogP contribution in [0, 0.1) is 0 Å². The molecule has 2 aliphatic heterocycles. The van der Waals surface area contributed by atoms with Gasteiger partial charge in [-0.1, -0.05) is 18.2 Å². The minimum Gasteiger partial charge on any atom is -0.314 e. The summed E-state index contributed by atoms with van der Waals surface area (Å²) < 4.78 is 0. The maximum Gasteiger partial charge on any atom is 0.109 e. The third-order valence-electron chi connectivity index (χ3n) is 3.08. The van der Waals surface area contributed by atoms with Gasteiger partial charge in [-0.2, -0.15) is 5.01 Å². The number of nitrogens with zero attached hydrogens (tertiary/aromatic N) is 3. The highest BCUT2D eigenvalue weighted by atomic mass is 15.6. The largest absolute Gasteiger partial charge is 0.314 e. The maximum absolute atomic E-state index is 4.47. The van der Waals surface area contributed by atoms with Crippen LogP contribution in [-0.4, -0.2) is 44.1 Å². The van der Waals surface area contributed by atoms with Gasteiger partial charge >= 0.3 is 0 Å². The van der Waals surface area contributed by atoms with Crippen LogP contribution in [0.15, 0.2) is 29.3 Å². The molecule has 0 aromatic heterocycles. The van der Waals surface area contributed by atoms with E-state index in [1.165, 1.54) is 11.3 Å². The zero-order valence-corrected chi connectivity index (χ0v) is 9.26. The molecule has 0 bridgehead atoms. The van der Waals surface area contributed by atoms with Gasteiger partial charge in [-0.25, -0.2) is 0 Å². The van der Waals surface area contributed by atoms with Crippen molar-refractivity contribution in [3.05, 3.63) is 29.8 Å². The van der Waals surface area contributed by atoms with Gasteiger partial charge in [0, 0.05) is 38.0 Å². The fourth-order valence-corrected chi connectivity index (χ4v) is 2.27. The number of hydrogen-bond donors (Lipinski definition) is 1. The highest BCUT2D eigenvalue weighted by Gasteiger charge is 2.21. The molecule has 0 amide bonds. The van der Waals surface area contributed by atoms with Crippen LogP contribution >= 0.6 is 0 Å². The van der Waals surface area contributed by atoms with Crippen molar-refractivity contribution in [2.75, 3.05) is 37.9 Å². The molecule has 0 spiro atoms. The van der Waals surface area contributed by atoms with Crippen LogP contribution in [-0.2, 0) is 0 Å². The van der Waals surface area contributed by atoms with Crippen LogP contribution in [0.5, 0.6) is 0 Å². The molecule has 0 unspecified atom stereocenters. The summed E-state index contributed by atoms with van der Waals surface area (Å²) in [4.78, 5) is 4.47. The van der Waals surface area contributed by atoms with E-state index < -0.39 is 0 Å². The molecule has 1 fully saturated rings. The number of nitrogens with one attached hydrogen (secondary N) is 1. The number of hydrazine groups is 1. The standard InChI is InChI=1S/C12H16N4/c1-2-4-12-11(3-1)9-14-10-15-7-5-13-6-8-16(12)15/h1-4,9,13H,5-8,10H2. The Morgan fingerprint density at radius 3 is 3.00 bits per heavy atom. The van der Waals surface area contributed by atoms with Crippen LogP contribution < -0.4 is 10.3 Å². The molecule has 0 aliphatic carbocycles. The molecule has 1 saturated heterocycles. The van der Waals surface area contributed by atoms with Crippen molar-refractivity contribution in [1.29, 1.82) is 0 Å². The van der Waals surface area contributed by atoms with Crippen LogP contribution in [0.2, 0.25) is 0 Å². The van der Waals surface area contributed by atoms with Crippen molar-refractivity contribution in [2.45, 2.75) is 0 Å². The zero-order chi connectivity index (χ0) is 10.8. The summed E-state index contributed by atoms with van der Waals surface area (Å²) in [6.07, 6.45) is 1.98. The summed E-state index contributed by atoms with van der Waals surface area (Å²) in [7, 11) is 0. The molecular weight excluding hydrogens is 200 g/mol. The fraction of sp³-hybridized carbons (Fsp3) is 0.417.